The van der Waals surface area contributed by atoms with E-state index in [9.17, 15) is 4.79 Å². The van der Waals surface area contributed by atoms with E-state index in [1.165, 1.54) is 31.3 Å². The average Bonchev–Trinajstić information content (AvgIpc) is 2.06. The molecular weight excluding hydrogens is 148 g/mol. The third kappa shape index (κ3) is 1.21. The fourth-order valence-electron chi connectivity index (χ4n) is 2.49. The van der Waals surface area contributed by atoms with Crippen molar-refractivity contribution in [2.75, 3.05) is 0 Å². The second kappa shape index (κ2) is 2.72. The Kier molecular flexibility index (Phi) is 1.82. The number of rotatable bonds is 0. The van der Waals surface area contributed by atoms with Gasteiger partial charge in [-0.15, -0.1) is 0 Å². The molecule has 12 heavy (non-hydrogen) atoms. The normalized spacial score (nSPS) is 35.8. The molecule has 2 aliphatic carbocycles. The summed E-state index contributed by atoms with van der Waals surface area (Å²) in [5.41, 5.74) is 1.83. The number of hydrogen-bond acceptors (Lipinski definition) is 1. The van der Waals surface area contributed by atoms with Crippen LogP contribution in [0.5, 0.6) is 0 Å². The van der Waals surface area contributed by atoms with E-state index in [1.807, 2.05) is 6.08 Å². The molecule has 0 radical (unpaired) electrons. The number of carbonyl (C=O) groups is 1. The van der Waals surface area contributed by atoms with Crippen molar-refractivity contribution in [1.29, 1.82) is 0 Å². The topological polar surface area (TPSA) is 17.1 Å². The van der Waals surface area contributed by atoms with Crippen molar-refractivity contribution < 1.29 is 4.79 Å². The zero-order chi connectivity index (χ0) is 8.60. The lowest BCUT2D eigenvalue weighted by Gasteiger charge is -2.38. The van der Waals surface area contributed by atoms with Gasteiger partial charge in [0.05, 0.1) is 0 Å². The highest BCUT2D eigenvalue weighted by atomic mass is 16.1. The van der Waals surface area contributed by atoms with Crippen molar-refractivity contribution in [3.63, 3.8) is 0 Å². The summed E-state index contributed by atoms with van der Waals surface area (Å²) < 4.78 is 0. The predicted molar refractivity (Wildman–Crippen MR) is 48.9 cm³/mol. The highest BCUT2D eigenvalue weighted by Gasteiger charge is 2.34. The van der Waals surface area contributed by atoms with Gasteiger partial charge in [0.2, 0.25) is 0 Å². The lowest BCUT2D eigenvalue weighted by atomic mass is 9.66. The van der Waals surface area contributed by atoms with E-state index >= 15 is 0 Å². The smallest absolute Gasteiger partial charge is 0.155 e. The quantitative estimate of drug-likeness (QED) is 0.538. The Bertz CT molecular complexity index is 239. The summed E-state index contributed by atoms with van der Waals surface area (Å²) in [7, 11) is 0. The number of carbonyl (C=O) groups excluding carboxylic acids is 1. The van der Waals surface area contributed by atoms with Crippen LogP contribution in [-0.2, 0) is 4.79 Å². The highest BCUT2D eigenvalue weighted by Crippen LogP contribution is 2.46. The first kappa shape index (κ1) is 8.03. The molecule has 1 fully saturated rings. The van der Waals surface area contributed by atoms with Crippen molar-refractivity contribution in [2.24, 2.45) is 5.41 Å². The highest BCUT2D eigenvalue weighted by molar-refractivity contribution is 5.91. The first-order chi connectivity index (χ1) is 5.71. The summed E-state index contributed by atoms with van der Waals surface area (Å²) in [6.07, 6.45) is 8.89. The van der Waals surface area contributed by atoms with E-state index in [4.69, 9.17) is 0 Å². The van der Waals surface area contributed by atoms with Crippen molar-refractivity contribution in [1.82, 2.24) is 0 Å². The van der Waals surface area contributed by atoms with Crippen LogP contribution >= 0.6 is 0 Å². The number of allylic oxidation sites excluding steroid dienone is 2. The Balaban J connectivity index is 2.29. The molecule has 0 saturated heterocycles. The first-order valence-corrected chi connectivity index (χ1v) is 4.95. The number of hydrogen-bond donors (Lipinski definition) is 0. The minimum atomic E-state index is 0.351. The molecule has 0 N–H and O–H groups in total. The van der Waals surface area contributed by atoms with Crippen LogP contribution in [0.1, 0.15) is 45.4 Å². The molecule has 0 aromatic carbocycles. The van der Waals surface area contributed by atoms with Gasteiger partial charge in [0.15, 0.2) is 5.78 Å². The minimum absolute atomic E-state index is 0.351. The average molecular weight is 164 g/mol. The molecule has 0 bridgehead atoms. The van der Waals surface area contributed by atoms with Crippen LogP contribution in [0.25, 0.3) is 0 Å². The lowest BCUT2D eigenvalue weighted by molar-refractivity contribution is -0.115. The van der Waals surface area contributed by atoms with Crippen LogP contribution in [0.15, 0.2) is 11.6 Å². The molecular formula is C11H16O. The predicted octanol–water partition coefficient (Wildman–Crippen LogP) is 2.86. The summed E-state index contributed by atoms with van der Waals surface area (Å²) in [6, 6.07) is 0. The molecule has 1 saturated carbocycles. The molecule has 0 aliphatic heterocycles. The Morgan fingerprint density at radius 1 is 1.25 bits per heavy atom. The second-order valence-corrected chi connectivity index (χ2v) is 4.40. The van der Waals surface area contributed by atoms with Crippen LogP contribution in [-0.4, -0.2) is 5.78 Å². The SMILES string of the molecule is C[C@]12CCCCC1=CC(=O)CC2. The number of ketones is 1. The zero-order valence-corrected chi connectivity index (χ0v) is 7.73. The molecule has 2 aliphatic rings. The maximum absolute atomic E-state index is 11.2. The van der Waals surface area contributed by atoms with Gasteiger partial charge in [0, 0.05) is 6.42 Å². The monoisotopic (exact) mass is 164 g/mol. The Morgan fingerprint density at radius 3 is 2.92 bits per heavy atom. The molecule has 0 aromatic heterocycles. The van der Waals surface area contributed by atoms with Crippen molar-refractivity contribution in [2.45, 2.75) is 45.4 Å². The van der Waals surface area contributed by atoms with Gasteiger partial charge in [-0.05, 0) is 37.2 Å². The summed E-state index contributed by atoms with van der Waals surface area (Å²) >= 11 is 0. The summed E-state index contributed by atoms with van der Waals surface area (Å²) in [4.78, 5) is 11.2. The van der Waals surface area contributed by atoms with Crippen LogP contribution in [0.4, 0.5) is 0 Å². The van der Waals surface area contributed by atoms with Crippen LogP contribution in [0.3, 0.4) is 0 Å². The lowest BCUT2D eigenvalue weighted by Crippen LogP contribution is -2.28. The van der Waals surface area contributed by atoms with Gasteiger partial charge in [0.25, 0.3) is 0 Å². The fraction of sp³-hybridized carbons (Fsp3) is 0.727. The molecule has 0 unspecified atom stereocenters. The third-order valence-electron chi connectivity index (χ3n) is 3.46. The van der Waals surface area contributed by atoms with E-state index in [1.54, 1.807) is 0 Å². The standard InChI is InChI=1S/C11H16O/c1-11-6-3-2-4-9(11)8-10(12)5-7-11/h8H,2-7H2,1H3/t11-/m1/s1. The maximum Gasteiger partial charge on any atom is 0.155 e. The van der Waals surface area contributed by atoms with E-state index in [0.29, 0.717) is 11.2 Å². The molecule has 66 valence electrons. The van der Waals surface area contributed by atoms with Crippen LogP contribution in [0.2, 0.25) is 0 Å². The maximum atomic E-state index is 11.2. The zero-order valence-electron chi connectivity index (χ0n) is 7.73. The van der Waals surface area contributed by atoms with E-state index in [0.717, 1.165) is 12.8 Å². The minimum Gasteiger partial charge on any atom is -0.295 e. The van der Waals surface area contributed by atoms with Gasteiger partial charge in [-0.2, -0.15) is 0 Å². The van der Waals surface area contributed by atoms with Gasteiger partial charge >= 0.3 is 0 Å². The van der Waals surface area contributed by atoms with Gasteiger partial charge in [-0.1, -0.05) is 18.9 Å². The Hall–Kier alpha value is -0.590. The third-order valence-corrected chi connectivity index (χ3v) is 3.46. The van der Waals surface area contributed by atoms with Crippen LogP contribution < -0.4 is 0 Å². The molecule has 0 aromatic rings. The molecule has 0 spiro atoms. The van der Waals surface area contributed by atoms with Crippen molar-refractivity contribution >= 4 is 5.78 Å². The number of fused-ring (bicyclic) bond motifs is 1. The van der Waals surface area contributed by atoms with Gasteiger partial charge in [-0.3, -0.25) is 4.79 Å². The molecule has 2 rings (SSSR count). The molecule has 0 amide bonds. The molecule has 1 atom stereocenters. The molecule has 1 nitrogen and oxygen atoms in total. The fourth-order valence-corrected chi connectivity index (χ4v) is 2.49. The Morgan fingerprint density at radius 2 is 2.08 bits per heavy atom. The van der Waals surface area contributed by atoms with Gasteiger partial charge in [0.1, 0.15) is 0 Å². The molecule has 0 heterocycles. The second-order valence-electron chi connectivity index (χ2n) is 4.40. The van der Waals surface area contributed by atoms with Crippen molar-refractivity contribution in [3.05, 3.63) is 11.6 Å². The van der Waals surface area contributed by atoms with Crippen molar-refractivity contribution in [3.8, 4) is 0 Å². The summed E-state index contributed by atoms with van der Waals surface area (Å²) in [5, 5.41) is 0. The van der Waals surface area contributed by atoms with E-state index in [2.05, 4.69) is 6.92 Å². The Labute approximate surface area is 73.8 Å². The van der Waals surface area contributed by atoms with Crippen LogP contribution in [0, 0.1) is 5.41 Å². The summed E-state index contributed by atoms with van der Waals surface area (Å²) in [6.45, 7) is 2.32. The van der Waals surface area contributed by atoms with E-state index in [-0.39, 0.29) is 0 Å². The van der Waals surface area contributed by atoms with Gasteiger partial charge < -0.3 is 0 Å². The largest absolute Gasteiger partial charge is 0.295 e. The van der Waals surface area contributed by atoms with E-state index < -0.39 is 0 Å². The first-order valence-electron chi connectivity index (χ1n) is 4.95. The summed E-state index contributed by atoms with van der Waals surface area (Å²) in [5.74, 6) is 0.351. The van der Waals surface area contributed by atoms with Gasteiger partial charge in [-0.25, -0.2) is 0 Å². The molecule has 1 heteroatoms.